The molecule has 0 fully saturated rings. The molecular formula is C19H21N3O. The maximum absolute atomic E-state index is 12.3. The van der Waals surface area contributed by atoms with Crippen LogP contribution in [-0.4, -0.2) is 15.5 Å². The molecule has 1 atom stereocenters. The summed E-state index contributed by atoms with van der Waals surface area (Å²) < 4.78 is 2.16. The van der Waals surface area contributed by atoms with E-state index in [4.69, 9.17) is 4.98 Å². The number of imidazole rings is 1. The predicted molar refractivity (Wildman–Crippen MR) is 92.1 cm³/mol. The fraction of sp³-hybridized carbons (Fsp3) is 0.263. The quantitative estimate of drug-likeness (QED) is 0.784. The van der Waals surface area contributed by atoms with Crippen LogP contribution in [0.1, 0.15) is 31.3 Å². The first-order valence-corrected chi connectivity index (χ1v) is 7.97. The van der Waals surface area contributed by atoms with E-state index >= 15 is 0 Å². The van der Waals surface area contributed by atoms with Crippen molar-refractivity contribution in [3.05, 3.63) is 66.0 Å². The lowest BCUT2D eigenvalue weighted by atomic mass is 10.1. The highest BCUT2D eigenvalue weighted by atomic mass is 16.1. The Morgan fingerprint density at radius 3 is 2.57 bits per heavy atom. The third-order valence-electron chi connectivity index (χ3n) is 3.97. The second-order valence-corrected chi connectivity index (χ2v) is 5.65. The van der Waals surface area contributed by atoms with Gasteiger partial charge in [-0.2, -0.15) is 0 Å². The van der Waals surface area contributed by atoms with Crippen molar-refractivity contribution in [2.24, 2.45) is 0 Å². The zero-order chi connectivity index (χ0) is 16.2. The molecule has 118 valence electrons. The van der Waals surface area contributed by atoms with E-state index in [9.17, 15) is 4.79 Å². The van der Waals surface area contributed by atoms with E-state index in [-0.39, 0.29) is 11.9 Å². The second kappa shape index (κ2) is 6.65. The predicted octanol–water partition coefficient (Wildman–Crippen LogP) is 3.48. The van der Waals surface area contributed by atoms with Gasteiger partial charge in [0.05, 0.1) is 23.5 Å². The highest BCUT2D eigenvalue weighted by Gasteiger charge is 2.17. The molecule has 4 nitrogen and oxygen atoms in total. The fourth-order valence-corrected chi connectivity index (χ4v) is 2.90. The van der Waals surface area contributed by atoms with Crippen LogP contribution in [0.4, 0.5) is 0 Å². The van der Waals surface area contributed by atoms with Crippen LogP contribution in [0.25, 0.3) is 11.0 Å². The second-order valence-electron chi connectivity index (χ2n) is 5.65. The molecule has 1 aromatic heterocycles. The Bertz CT molecular complexity index is 808. The molecule has 1 heterocycles. The number of fused-ring (bicyclic) bond motifs is 1. The molecule has 1 amide bonds. The van der Waals surface area contributed by atoms with E-state index in [0.29, 0.717) is 6.42 Å². The van der Waals surface area contributed by atoms with E-state index in [1.54, 1.807) is 0 Å². The van der Waals surface area contributed by atoms with Crippen molar-refractivity contribution in [3.8, 4) is 0 Å². The molecule has 1 N–H and O–H groups in total. The summed E-state index contributed by atoms with van der Waals surface area (Å²) in [5.41, 5.74) is 3.09. The number of aromatic nitrogens is 2. The first-order valence-electron chi connectivity index (χ1n) is 7.97. The van der Waals surface area contributed by atoms with Crippen LogP contribution in [0.3, 0.4) is 0 Å². The number of rotatable bonds is 5. The number of hydrogen-bond donors (Lipinski definition) is 1. The number of carbonyl (C=O) groups excluding carboxylic acids is 1. The van der Waals surface area contributed by atoms with E-state index in [1.165, 1.54) is 0 Å². The van der Waals surface area contributed by atoms with E-state index in [0.717, 1.165) is 29.0 Å². The van der Waals surface area contributed by atoms with Gasteiger partial charge in [-0.15, -0.1) is 0 Å². The maximum atomic E-state index is 12.3. The largest absolute Gasteiger partial charge is 0.346 e. The van der Waals surface area contributed by atoms with Gasteiger partial charge in [-0.05, 0) is 31.5 Å². The van der Waals surface area contributed by atoms with Crippen molar-refractivity contribution in [2.45, 2.75) is 32.9 Å². The highest BCUT2D eigenvalue weighted by molar-refractivity contribution is 5.79. The molecule has 4 heteroatoms. The number of carbonyl (C=O) groups is 1. The highest BCUT2D eigenvalue weighted by Crippen LogP contribution is 2.20. The monoisotopic (exact) mass is 307 g/mol. The summed E-state index contributed by atoms with van der Waals surface area (Å²) >= 11 is 0. The molecule has 0 spiro atoms. The Morgan fingerprint density at radius 1 is 1.13 bits per heavy atom. The molecule has 0 bridgehead atoms. The Kier molecular flexibility index (Phi) is 4.42. The Labute approximate surface area is 136 Å². The summed E-state index contributed by atoms with van der Waals surface area (Å²) in [6, 6.07) is 17.7. The van der Waals surface area contributed by atoms with Crippen LogP contribution < -0.4 is 5.32 Å². The van der Waals surface area contributed by atoms with Crippen LogP contribution in [0, 0.1) is 0 Å². The van der Waals surface area contributed by atoms with Gasteiger partial charge in [0.25, 0.3) is 0 Å². The van der Waals surface area contributed by atoms with E-state index < -0.39 is 0 Å². The number of hydrogen-bond acceptors (Lipinski definition) is 2. The smallest absolute Gasteiger partial charge is 0.224 e. The summed E-state index contributed by atoms with van der Waals surface area (Å²) in [5.74, 6) is 0.911. The minimum atomic E-state index is -0.126. The van der Waals surface area contributed by atoms with Gasteiger partial charge in [-0.1, -0.05) is 42.5 Å². The van der Waals surface area contributed by atoms with Crippen molar-refractivity contribution >= 4 is 16.9 Å². The van der Waals surface area contributed by atoms with Gasteiger partial charge >= 0.3 is 0 Å². The van der Waals surface area contributed by atoms with Crippen molar-refractivity contribution in [2.75, 3.05) is 0 Å². The molecule has 23 heavy (non-hydrogen) atoms. The van der Waals surface area contributed by atoms with Gasteiger partial charge in [0, 0.05) is 6.54 Å². The van der Waals surface area contributed by atoms with Crippen LogP contribution in [0.15, 0.2) is 54.6 Å². The fourth-order valence-electron chi connectivity index (χ4n) is 2.90. The number of aryl methyl sites for hydroxylation is 1. The van der Waals surface area contributed by atoms with Gasteiger partial charge in [0.1, 0.15) is 5.82 Å². The van der Waals surface area contributed by atoms with Gasteiger partial charge in [0.2, 0.25) is 5.91 Å². The molecule has 3 rings (SSSR count). The SMILES string of the molecule is CCn1c([C@@H](C)NC(=O)Cc2ccccc2)nc2ccccc21. The molecular weight excluding hydrogens is 286 g/mol. The first kappa shape index (κ1) is 15.3. The Morgan fingerprint density at radius 2 is 1.83 bits per heavy atom. The number of benzene rings is 2. The zero-order valence-electron chi connectivity index (χ0n) is 13.5. The number of amides is 1. The van der Waals surface area contributed by atoms with Crippen LogP contribution >= 0.6 is 0 Å². The standard InChI is InChI=1S/C19H21N3O/c1-3-22-17-12-8-7-11-16(17)21-19(22)14(2)20-18(23)13-15-9-5-4-6-10-15/h4-12,14H,3,13H2,1-2H3,(H,20,23)/t14-/m1/s1. The molecule has 0 aliphatic rings. The van der Waals surface area contributed by atoms with Gasteiger partial charge in [-0.3, -0.25) is 4.79 Å². The third kappa shape index (κ3) is 3.26. The average molecular weight is 307 g/mol. The first-order chi connectivity index (χ1) is 11.2. The van der Waals surface area contributed by atoms with Gasteiger partial charge in [-0.25, -0.2) is 4.98 Å². The van der Waals surface area contributed by atoms with Crippen LogP contribution in [0.2, 0.25) is 0 Å². The van der Waals surface area contributed by atoms with E-state index in [2.05, 4.69) is 22.9 Å². The molecule has 0 aliphatic carbocycles. The Balaban J connectivity index is 1.78. The maximum Gasteiger partial charge on any atom is 0.224 e. The summed E-state index contributed by atoms with van der Waals surface area (Å²) in [5, 5.41) is 3.06. The lowest BCUT2D eigenvalue weighted by Gasteiger charge is -2.15. The van der Waals surface area contributed by atoms with Gasteiger partial charge < -0.3 is 9.88 Å². The molecule has 0 saturated carbocycles. The van der Waals surface area contributed by atoms with Crippen LogP contribution in [0.5, 0.6) is 0 Å². The zero-order valence-corrected chi connectivity index (χ0v) is 13.5. The topological polar surface area (TPSA) is 46.9 Å². The summed E-state index contributed by atoms with van der Waals surface area (Å²) in [4.78, 5) is 17.0. The molecule has 0 unspecified atom stereocenters. The molecule has 0 saturated heterocycles. The summed E-state index contributed by atoms with van der Waals surface area (Å²) in [6.07, 6.45) is 0.386. The lowest BCUT2D eigenvalue weighted by molar-refractivity contribution is -0.121. The molecule has 2 aromatic carbocycles. The van der Waals surface area contributed by atoms with E-state index in [1.807, 2.05) is 55.5 Å². The summed E-state index contributed by atoms with van der Waals surface area (Å²) in [7, 11) is 0. The van der Waals surface area contributed by atoms with Crippen molar-refractivity contribution in [3.63, 3.8) is 0 Å². The van der Waals surface area contributed by atoms with Crippen molar-refractivity contribution in [1.82, 2.24) is 14.9 Å². The minimum Gasteiger partial charge on any atom is -0.346 e. The number of para-hydroxylation sites is 2. The Hall–Kier alpha value is -2.62. The summed E-state index contributed by atoms with van der Waals surface area (Å²) in [6.45, 7) is 4.90. The number of nitrogens with zero attached hydrogens (tertiary/aromatic N) is 2. The number of nitrogens with one attached hydrogen (secondary N) is 1. The lowest BCUT2D eigenvalue weighted by Crippen LogP contribution is -2.29. The molecule has 0 radical (unpaired) electrons. The van der Waals surface area contributed by atoms with Crippen molar-refractivity contribution < 1.29 is 4.79 Å². The van der Waals surface area contributed by atoms with Crippen LogP contribution in [-0.2, 0) is 17.8 Å². The molecule has 3 aromatic rings. The van der Waals surface area contributed by atoms with Gasteiger partial charge in [0.15, 0.2) is 0 Å². The average Bonchev–Trinajstić information content (AvgIpc) is 2.94. The third-order valence-corrected chi connectivity index (χ3v) is 3.97. The van der Waals surface area contributed by atoms with Crippen molar-refractivity contribution in [1.29, 1.82) is 0 Å². The molecule has 0 aliphatic heterocycles. The normalized spacial score (nSPS) is 12.3. The minimum absolute atomic E-state index is 0.0124.